The van der Waals surface area contributed by atoms with Crippen LogP contribution in [-0.4, -0.2) is 29.6 Å². The Morgan fingerprint density at radius 2 is 2.31 bits per heavy atom. The molecule has 0 aliphatic carbocycles. The molecule has 88 valence electrons. The number of nitrogens with zero attached hydrogens (tertiary/aromatic N) is 1. The van der Waals surface area contributed by atoms with Gasteiger partial charge in [-0.15, -0.1) is 0 Å². The number of halogens is 1. The fourth-order valence-corrected chi connectivity index (χ4v) is 2.17. The summed E-state index contributed by atoms with van der Waals surface area (Å²) in [5.74, 6) is 0.399. The van der Waals surface area contributed by atoms with Crippen molar-refractivity contribution in [2.75, 3.05) is 19.6 Å². The summed E-state index contributed by atoms with van der Waals surface area (Å²) in [6, 6.07) is 4.07. The third kappa shape index (κ3) is 2.51. The first kappa shape index (κ1) is 11.4. The summed E-state index contributed by atoms with van der Waals surface area (Å²) in [6.45, 7) is 3.20. The van der Waals surface area contributed by atoms with Crippen molar-refractivity contribution in [2.45, 2.75) is 13.0 Å². The fourth-order valence-electron chi connectivity index (χ4n) is 2.17. The predicted octanol–water partition coefficient (Wildman–Crippen LogP) is 1.31. The quantitative estimate of drug-likeness (QED) is 0.814. The second kappa shape index (κ2) is 4.80. The van der Waals surface area contributed by atoms with E-state index in [0.29, 0.717) is 24.6 Å². The highest BCUT2D eigenvalue weighted by Gasteiger charge is 2.21. The molecule has 1 fully saturated rings. The Bertz CT molecular complexity index is 370. The minimum absolute atomic E-state index is 0.164. The summed E-state index contributed by atoms with van der Waals surface area (Å²) in [5, 5.41) is 9.60. The van der Waals surface area contributed by atoms with E-state index < -0.39 is 0 Å². The van der Waals surface area contributed by atoms with Gasteiger partial charge in [-0.2, -0.15) is 0 Å². The Hall–Kier alpha value is -1.13. The van der Waals surface area contributed by atoms with Crippen molar-refractivity contribution < 1.29 is 9.50 Å². The molecule has 2 rings (SSSR count). The highest BCUT2D eigenvalue weighted by atomic mass is 19.1. The third-order valence-corrected chi connectivity index (χ3v) is 3.14. The summed E-state index contributed by atoms with van der Waals surface area (Å²) in [5.41, 5.74) is 6.26. The fraction of sp³-hybridized carbons (Fsp3) is 0.500. The van der Waals surface area contributed by atoms with E-state index in [2.05, 4.69) is 4.90 Å². The minimum Gasteiger partial charge on any atom is -0.508 e. The highest BCUT2D eigenvalue weighted by molar-refractivity contribution is 5.32. The van der Waals surface area contributed by atoms with Crippen LogP contribution in [0.1, 0.15) is 12.0 Å². The Kier molecular flexibility index (Phi) is 3.41. The summed E-state index contributed by atoms with van der Waals surface area (Å²) >= 11 is 0. The van der Waals surface area contributed by atoms with Gasteiger partial charge in [-0.25, -0.2) is 4.39 Å². The standard InChI is InChI=1S/C12H17FN2O/c13-11-1-2-12(16)10(5-11)8-15-4-3-9(6-14)7-15/h1-2,5,9,16H,3-4,6-8,14H2. The van der Waals surface area contributed by atoms with E-state index in [9.17, 15) is 9.50 Å². The molecule has 0 saturated carbocycles. The van der Waals surface area contributed by atoms with Crippen LogP contribution < -0.4 is 5.73 Å². The highest BCUT2D eigenvalue weighted by Crippen LogP contribution is 2.23. The summed E-state index contributed by atoms with van der Waals surface area (Å²) < 4.78 is 13.0. The molecule has 1 aliphatic heterocycles. The zero-order chi connectivity index (χ0) is 11.5. The number of aromatic hydroxyl groups is 1. The zero-order valence-electron chi connectivity index (χ0n) is 9.19. The second-order valence-electron chi connectivity index (χ2n) is 4.40. The number of phenols is 1. The molecule has 0 bridgehead atoms. The number of hydrogen-bond acceptors (Lipinski definition) is 3. The molecule has 16 heavy (non-hydrogen) atoms. The van der Waals surface area contributed by atoms with E-state index in [1.807, 2.05) is 0 Å². The first-order valence-electron chi connectivity index (χ1n) is 5.59. The van der Waals surface area contributed by atoms with Crippen LogP contribution in [0.5, 0.6) is 5.75 Å². The largest absolute Gasteiger partial charge is 0.508 e. The summed E-state index contributed by atoms with van der Waals surface area (Å²) in [7, 11) is 0. The molecule has 1 heterocycles. The number of hydrogen-bond donors (Lipinski definition) is 2. The molecule has 1 aromatic rings. The number of nitrogens with two attached hydrogens (primary N) is 1. The van der Waals surface area contributed by atoms with Gasteiger partial charge in [0.15, 0.2) is 0 Å². The average molecular weight is 224 g/mol. The van der Waals surface area contributed by atoms with Crippen molar-refractivity contribution in [3.05, 3.63) is 29.6 Å². The Morgan fingerprint density at radius 3 is 3.00 bits per heavy atom. The number of likely N-dealkylation sites (tertiary alicyclic amines) is 1. The Balaban J connectivity index is 2.01. The first-order valence-corrected chi connectivity index (χ1v) is 5.59. The maximum Gasteiger partial charge on any atom is 0.123 e. The van der Waals surface area contributed by atoms with Crippen molar-refractivity contribution in [1.82, 2.24) is 4.90 Å². The topological polar surface area (TPSA) is 49.5 Å². The summed E-state index contributed by atoms with van der Waals surface area (Å²) in [6.07, 6.45) is 1.09. The molecule has 1 aromatic carbocycles. The smallest absolute Gasteiger partial charge is 0.123 e. The average Bonchev–Trinajstić information content (AvgIpc) is 2.71. The Morgan fingerprint density at radius 1 is 1.50 bits per heavy atom. The lowest BCUT2D eigenvalue weighted by Gasteiger charge is -2.16. The lowest BCUT2D eigenvalue weighted by molar-refractivity contribution is 0.311. The van der Waals surface area contributed by atoms with Crippen LogP contribution in [-0.2, 0) is 6.54 Å². The predicted molar refractivity (Wildman–Crippen MR) is 60.5 cm³/mol. The van der Waals surface area contributed by atoms with E-state index in [4.69, 9.17) is 5.73 Å². The lowest BCUT2D eigenvalue weighted by Crippen LogP contribution is -2.22. The lowest BCUT2D eigenvalue weighted by atomic mass is 10.1. The van der Waals surface area contributed by atoms with Crippen molar-refractivity contribution >= 4 is 0 Å². The van der Waals surface area contributed by atoms with Gasteiger partial charge in [0.25, 0.3) is 0 Å². The van der Waals surface area contributed by atoms with E-state index >= 15 is 0 Å². The summed E-state index contributed by atoms with van der Waals surface area (Å²) in [4.78, 5) is 2.20. The molecular weight excluding hydrogens is 207 g/mol. The van der Waals surface area contributed by atoms with Crippen molar-refractivity contribution in [2.24, 2.45) is 11.7 Å². The van der Waals surface area contributed by atoms with Crippen LogP contribution in [0.3, 0.4) is 0 Å². The van der Waals surface area contributed by atoms with Crippen molar-refractivity contribution in [3.63, 3.8) is 0 Å². The molecule has 1 aliphatic rings. The van der Waals surface area contributed by atoms with Gasteiger partial charge in [0.2, 0.25) is 0 Å². The molecule has 0 spiro atoms. The van der Waals surface area contributed by atoms with E-state index in [1.165, 1.54) is 18.2 Å². The third-order valence-electron chi connectivity index (χ3n) is 3.14. The van der Waals surface area contributed by atoms with Crippen molar-refractivity contribution in [3.8, 4) is 5.75 Å². The van der Waals surface area contributed by atoms with Gasteiger partial charge in [-0.05, 0) is 43.6 Å². The SMILES string of the molecule is NCC1CCN(Cc2cc(F)ccc2O)C1. The zero-order valence-corrected chi connectivity index (χ0v) is 9.19. The van der Waals surface area contributed by atoms with Gasteiger partial charge in [0, 0.05) is 18.7 Å². The molecule has 0 amide bonds. The van der Waals surface area contributed by atoms with Crippen LogP contribution in [0, 0.1) is 11.7 Å². The Labute approximate surface area is 94.7 Å². The molecule has 0 radical (unpaired) electrons. The molecule has 4 heteroatoms. The molecule has 1 unspecified atom stereocenters. The maximum atomic E-state index is 13.0. The van der Waals surface area contributed by atoms with Gasteiger partial charge in [-0.3, -0.25) is 4.90 Å². The second-order valence-corrected chi connectivity index (χ2v) is 4.40. The van der Waals surface area contributed by atoms with Gasteiger partial charge < -0.3 is 10.8 Å². The van der Waals surface area contributed by atoms with Gasteiger partial charge >= 0.3 is 0 Å². The van der Waals surface area contributed by atoms with Gasteiger partial charge in [0.1, 0.15) is 11.6 Å². The van der Waals surface area contributed by atoms with Crippen LogP contribution in [0.4, 0.5) is 4.39 Å². The molecule has 1 atom stereocenters. The number of benzene rings is 1. The molecule has 0 aromatic heterocycles. The molecule has 3 N–H and O–H groups in total. The van der Waals surface area contributed by atoms with Crippen LogP contribution in [0.2, 0.25) is 0 Å². The van der Waals surface area contributed by atoms with E-state index in [0.717, 1.165) is 19.5 Å². The number of rotatable bonds is 3. The minimum atomic E-state index is -0.303. The molecular formula is C12H17FN2O. The van der Waals surface area contributed by atoms with Crippen LogP contribution in [0.25, 0.3) is 0 Å². The van der Waals surface area contributed by atoms with E-state index in [-0.39, 0.29) is 11.6 Å². The number of phenolic OH excluding ortho intramolecular Hbond substituents is 1. The van der Waals surface area contributed by atoms with Gasteiger partial charge in [0.05, 0.1) is 0 Å². The van der Waals surface area contributed by atoms with Crippen LogP contribution in [0.15, 0.2) is 18.2 Å². The monoisotopic (exact) mass is 224 g/mol. The molecule has 1 saturated heterocycles. The van der Waals surface area contributed by atoms with Crippen LogP contribution >= 0.6 is 0 Å². The molecule has 3 nitrogen and oxygen atoms in total. The maximum absolute atomic E-state index is 13.0. The van der Waals surface area contributed by atoms with Crippen molar-refractivity contribution in [1.29, 1.82) is 0 Å². The van der Waals surface area contributed by atoms with E-state index in [1.54, 1.807) is 0 Å². The normalized spacial score (nSPS) is 21.5. The van der Waals surface area contributed by atoms with Gasteiger partial charge in [-0.1, -0.05) is 0 Å². The first-order chi connectivity index (χ1) is 7.69.